The van der Waals surface area contributed by atoms with Crippen LogP contribution in [0.3, 0.4) is 0 Å². The molecule has 236 valence electrons. The van der Waals surface area contributed by atoms with Crippen molar-refractivity contribution in [2.24, 2.45) is 5.92 Å². The average molecular weight is 611 g/mol. The maximum absolute atomic E-state index is 12.6. The molecule has 2 N–H and O–H groups in total. The molecule has 0 spiro atoms. The predicted octanol–water partition coefficient (Wildman–Crippen LogP) is 6.71. The number of fused-ring (bicyclic) bond motifs is 1. The lowest BCUT2D eigenvalue weighted by Crippen LogP contribution is -2.44. The van der Waals surface area contributed by atoms with Gasteiger partial charge in [-0.2, -0.15) is 0 Å². The van der Waals surface area contributed by atoms with Gasteiger partial charge >= 0.3 is 5.97 Å². The van der Waals surface area contributed by atoms with Gasteiger partial charge in [0.15, 0.2) is 12.4 Å². The van der Waals surface area contributed by atoms with Crippen molar-refractivity contribution in [2.45, 2.75) is 64.9 Å². The number of esters is 1. The molecule has 0 radical (unpaired) electrons. The zero-order valence-electron chi connectivity index (χ0n) is 26.5. The number of carbonyl (C=O) groups excluding carboxylic acids is 2. The maximum Gasteiger partial charge on any atom is 0.303 e. The third-order valence-electron chi connectivity index (χ3n) is 8.65. The summed E-state index contributed by atoms with van der Waals surface area (Å²) >= 11 is 0. The molecule has 1 aliphatic rings. The lowest BCUT2D eigenvalue weighted by molar-refractivity contribution is -0.276. The fraction of sp³-hybridized carbons (Fsp3) is 0.351. The number of anilines is 1. The number of nitrogens with zero attached hydrogens (tertiary/aromatic N) is 1. The number of aliphatic hydroxyl groups is 1. The SMILES string of the molecule is CC(=O)O[C@@H](C)C(=O)Nc1cccc([C@@H]2O[C@H](CN(C)[C@H](C)c3ccc4ccccc4c3)[C@H](C)[C@H](c3ccc(CO)cc3)O2)c1. The molecule has 0 bridgehead atoms. The lowest BCUT2D eigenvalue weighted by atomic mass is 9.89. The van der Waals surface area contributed by atoms with Gasteiger partial charge in [0, 0.05) is 36.7 Å². The van der Waals surface area contributed by atoms with Gasteiger partial charge in [-0.15, -0.1) is 0 Å². The Morgan fingerprint density at radius 3 is 2.36 bits per heavy atom. The fourth-order valence-electron chi connectivity index (χ4n) is 5.80. The monoisotopic (exact) mass is 610 g/mol. The molecule has 1 aliphatic heterocycles. The van der Waals surface area contributed by atoms with Crippen LogP contribution in [-0.4, -0.2) is 47.7 Å². The van der Waals surface area contributed by atoms with Crippen molar-refractivity contribution in [1.29, 1.82) is 0 Å². The van der Waals surface area contributed by atoms with E-state index >= 15 is 0 Å². The quantitative estimate of drug-likeness (QED) is 0.193. The number of aliphatic hydroxyl groups excluding tert-OH is 1. The first-order chi connectivity index (χ1) is 21.6. The summed E-state index contributed by atoms with van der Waals surface area (Å²) in [6.07, 6.45) is -2.07. The summed E-state index contributed by atoms with van der Waals surface area (Å²) < 4.78 is 18.3. The molecule has 1 fully saturated rings. The normalized spacial score (nSPS) is 21.3. The second-order valence-corrected chi connectivity index (χ2v) is 11.9. The number of likely N-dealkylation sites (N-methyl/N-ethyl adjacent to an activating group) is 1. The Balaban J connectivity index is 1.39. The molecular formula is C37H42N2O6. The second-order valence-electron chi connectivity index (χ2n) is 11.9. The Hall–Kier alpha value is -4.08. The number of hydrogen-bond acceptors (Lipinski definition) is 7. The summed E-state index contributed by atoms with van der Waals surface area (Å²) in [6.45, 7) is 7.79. The first-order valence-electron chi connectivity index (χ1n) is 15.4. The van der Waals surface area contributed by atoms with Crippen molar-refractivity contribution in [1.82, 2.24) is 4.90 Å². The number of amides is 1. The van der Waals surface area contributed by atoms with Crippen LogP contribution in [0.25, 0.3) is 10.8 Å². The molecule has 0 aliphatic carbocycles. The van der Waals surface area contributed by atoms with E-state index in [1.54, 1.807) is 6.07 Å². The predicted molar refractivity (Wildman–Crippen MR) is 174 cm³/mol. The van der Waals surface area contributed by atoms with Gasteiger partial charge in [-0.25, -0.2) is 0 Å². The molecule has 1 saturated heterocycles. The number of nitrogens with one attached hydrogen (secondary N) is 1. The van der Waals surface area contributed by atoms with E-state index in [-0.39, 0.29) is 30.8 Å². The molecule has 1 heterocycles. The van der Waals surface area contributed by atoms with Crippen LogP contribution in [-0.2, 0) is 30.4 Å². The minimum Gasteiger partial charge on any atom is -0.453 e. The van der Waals surface area contributed by atoms with E-state index < -0.39 is 24.3 Å². The van der Waals surface area contributed by atoms with Crippen LogP contribution in [0.1, 0.15) is 68.4 Å². The fourth-order valence-corrected chi connectivity index (χ4v) is 5.80. The van der Waals surface area contributed by atoms with E-state index in [1.807, 2.05) is 42.5 Å². The highest BCUT2D eigenvalue weighted by molar-refractivity contribution is 5.95. The molecule has 1 amide bonds. The Labute approximate surface area is 264 Å². The Kier molecular flexibility index (Phi) is 10.3. The lowest BCUT2D eigenvalue weighted by Gasteiger charge is -2.43. The van der Waals surface area contributed by atoms with Crippen LogP contribution < -0.4 is 5.32 Å². The third kappa shape index (κ3) is 7.78. The first-order valence-corrected chi connectivity index (χ1v) is 15.4. The number of benzene rings is 4. The topological polar surface area (TPSA) is 97.3 Å². The van der Waals surface area contributed by atoms with E-state index in [9.17, 15) is 14.7 Å². The van der Waals surface area contributed by atoms with E-state index in [0.717, 1.165) is 16.7 Å². The molecule has 0 aromatic heterocycles. The summed E-state index contributed by atoms with van der Waals surface area (Å²) in [5, 5.41) is 14.8. The molecular weight excluding hydrogens is 568 g/mol. The standard InChI is InChI=1S/C37H42N2O6/c1-23-34(21-39(5)24(2)30-18-17-28-9-6-7-10-31(28)19-30)44-37(45-35(23)29-15-13-27(22-40)14-16-29)32-11-8-12-33(20-32)38-36(42)25(3)43-26(4)41/h6-20,23-25,34-35,37,40H,21-22H2,1-5H3,(H,38,42)/t23-,24+,25-,34+,35+,37+/m0/s1. The van der Waals surface area contributed by atoms with Crippen LogP contribution in [0.4, 0.5) is 5.69 Å². The van der Waals surface area contributed by atoms with E-state index in [2.05, 4.69) is 73.6 Å². The van der Waals surface area contributed by atoms with E-state index in [0.29, 0.717) is 12.2 Å². The van der Waals surface area contributed by atoms with Crippen LogP contribution in [0.15, 0.2) is 91.0 Å². The molecule has 4 aromatic rings. The highest BCUT2D eigenvalue weighted by atomic mass is 16.7. The largest absolute Gasteiger partial charge is 0.453 e. The number of hydrogen-bond donors (Lipinski definition) is 2. The summed E-state index contributed by atoms with van der Waals surface area (Å²) in [5.74, 6) is -0.932. The van der Waals surface area contributed by atoms with Crippen LogP contribution in [0.2, 0.25) is 0 Å². The minimum absolute atomic E-state index is 0.0138. The first kappa shape index (κ1) is 32.3. The summed E-state index contributed by atoms with van der Waals surface area (Å²) in [5.41, 5.74) is 4.37. The summed E-state index contributed by atoms with van der Waals surface area (Å²) in [6, 6.07) is 30.3. The molecule has 0 unspecified atom stereocenters. The Morgan fingerprint density at radius 2 is 1.64 bits per heavy atom. The van der Waals surface area contributed by atoms with Crippen LogP contribution in [0, 0.1) is 5.92 Å². The second kappa shape index (κ2) is 14.3. The molecule has 6 atom stereocenters. The number of carbonyl (C=O) groups is 2. The molecule has 0 saturated carbocycles. The van der Waals surface area contributed by atoms with E-state index in [1.165, 1.54) is 30.2 Å². The van der Waals surface area contributed by atoms with Crippen molar-refractivity contribution in [3.63, 3.8) is 0 Å². The molecule has 5 rings (SSSR count). The van der Waals surface area contributed by atoms with Crippen molar-refractivity contribution >= 4 is 28.3 Å². The Morgan fingerprint density at radius 1 is 0.911 bits per heavy atom. The third-order valence-corrected chi connectivity index (χ3v) is 8.65. The van der Waals surface area contributed by atoms with Gasteiger partial charge in [0.2, 0.25) is 0 Å². The van der Waals surface area contributed by atoms with Crippen molar-refractivity contribution in [3.8, 4) is 0 Å². The molecule has 8 heteroatoms. The van der Waals surface area contributed by atoms with Crippen LogP contribution >= 0.6 is 0 Å². The summed E-state index contributed by atoms with van der Waals surface area (Å²) in [4.78, 5) is 26.2. The van der Waals surface area contributed by atoms with Gasteiger partial charge in [-0.05, 0) is 66.6 Å². The van der Waals surface area contributed by atoms with Crippen molar-refractivity contribution in [2.75, 3.05) is 18.9 Å². The highest BCUT2D eigenvalue weighted by Crippen LogP contribution is 2.42. The average Bonchev–Trinajstić information content (AvgIpc) is 3.05. The van der Waals surface area contributed by atoms with E-state index in [4.69, 9.17) is 14.2 Å². The zero-order chi connectivity index (χ0) is 32.1. The molecule has 45 heavy (non-hydrogen) atoms. The zero-order valence-corrected chi connectivity index (χ0v) is 26.5. The highest BCUT2D eigenvalue weighted by Gasteiger charge is 2.39. The number of ether oxygens (including phenoxy) is 3. The minimum atomic E-state index is -0.926. The Bertz CT molecular complexity index is 1620. The van der Waals surface area contributed by atoms with Gasteiger partial charge in [-0.1, -0.05) is 79.7 Å². The van der Waals surface area contributed by atoms with Crippen molar-refractivity contribution < 1.29 is 28.9 Å². The van der Waals surface area contributed by atoms with Crippen molar-refractivity contribution in [3.05, 3.63) is 113 Å². The van der Waals surface area contributed by atoms with Gasteiger partial charge in [-0.3, -0.25) is 14.5 Å². The number of rotatable bonds is 10. The van der Waals surface area contributed by atoms with Gasteiger partial charge < -0.3 is 24.6 Å². The van der Waals surface area contributed by atoms with Gasteiger partial charge in [0.05, 0.1) is 18.8 Å². The smallest absolute Gasteiger partial charge is 0.303 e. The maximum atomic E-state index is 12.6. The van der Waals surface area contributed by atoms with Gasteiger partial charge in [0.25, 0.3) is 5.91 Å². The summed E-state index contributed by atoms with van der Waals surface area (Å²) in [7, 11) is 2.12. The van der Waals surface area contributed by atoms with Gasteiger partial charge in [0.1, 0.15) is 0 Å². The molecule has 4 aromatic carbocycles. The molecule has 8 nitrogen and oxygen atoms in total. The van der Waals surface area contributed by atoms with Crippen LogP contribution in [0.5, 0.6) is 0 Å².